The van der Waals surface area contributed by atoms with Gasteiger partial charge in [-0.15, -0.1) is 24.0 Å². The largest absolute Gasteiger partial charge is 0.497 e. The highest BCUT2D eigenvalue weighted by Gasteiger charge is 2.28. The van der Waals surface area contributed by atoms with E-state index < -0.39 is 14.6 Å². The highest BCUT2D eigenvalue weighted by molar-refractivity contribution is 14.0. The van der Waals surface area contributed by atoms with Gasteiger partial charge < -0.3 is 15.8 Å². The van der Waals surface area contributed by atoms with Gasteiger partial charge in [-0.25, -0.2) is 8.42 Å². The zero-order chi connectivity index (χ0) is 16.1. The maximum absolute atomic E-state index is 11.9. The number of benzene rings is 1. The number of nitrogens with zero attached hydrogens (tertiary/aromatic N) is 1. The summed E-state index contributed by atoms with van der Waals surface area (Å²) >= 11 is 0. The fraction of sp³-hybridized carbons (Fsp3) is 0.500. The van der Waals surface area contributed by atoms with Crippen LogP contribution in [0, 0.1) is 0 Å². The van der Waals surface area contributed by atoms with E-state index in [9.17, 15) is 8.42 Å². The van der Waals surface area contributed by atoms with Crippen LogP contribution in [-0.2, 0) is 9.84 Å². The van der Waals surface area contributed by atoms with Crippen LogP contribution < -0.4 is 15.8 Å². The van der Waals surface area contributed by atoms with Gasteiger partial charge in [0.15, 0.2) is 15.8 Å². The summed E-state index contributed by atoms with van der Waals surface area (Å²) < 4.78 is 28.2. The van der Waals surface area contributed by atoms with Gasteiger partial charge in [-0.1, -0.05) is 6.07 Å². The Bertz CT molecular complexity index is 610. The smallest absolute Gasteiger partial charge is 0.193 e. The van der Waals surface area contributed by atoms with Crippen molar-refractivity contribution in [2.45, 2.75) is 25.5 Å². The van der Waals surface area contributed by atoms with E-state index in [0.717, 1.165) is 5.69 Å². The first-order chi connectivity index (χ1) is 9.65. The van der Waals surface area contributed by atoms with Crippen LogP contribution in [-0.4, -0.2) is 38.5 Å². The summed E-state index contributed by atoms with van der Waals surface area (Å²) in [5.41, 5.74) is 6.47. The summed E-state index contributed by atoms with van der Waals surface area (Å²) in [6.07, 6.45) is 0. The van der Waals surface area contributed by atoms with Gasteiger partial charge in [0.25, 0.3) is 0 Å². The van der Waals surface area contributed by atoms with Crippen LogP contribution in [0.5, 0.6) is 5.75 Å². The van der Waals surface area contributed by atoms with E-state index in [-0.39, 0.29) is 42.2 Å². The highest BCUT2D eigenvalue weighted by atomic mass is 127. The number of ether oxygens (including phenoxy) is 1. The number of guanidine groups is 1. The second kappa shape index (κ2) is 8.56. The Morgan fingerprint density at radius 1 is 1.36 bits per heavy atom. The van der Waals surface area contributed by atoms with Gasteiger partial charge >= 0.3 is 0 Å². The van der Waals surface area contributed by atoms with Crippen LogP contribution in [0.4, 0.5) is 5.69 Å². The van der Waals surface area contributed by atoms with Crippen molar-refractivity contribution in [1.29, 1.82) is 0 Å². The zero-order valence-electron chi connectivity index (χ0n) is 13.3. The molecule has 0 unspecified atom stereocenters. The fourth-order valence-corrected chi connectivity index (χ4v) is 2.42. The number of sulfone groups is 1. The first-order valence-electron chi connectivity index (χ1n) is 6.59. The monoisotopic (exact) mass is 441 g/mol. The Balaban J connectivity index is 0.00000441. The molecule has 0 heterocycles. The molecule has 0 saturated heterocycles. The maximum atomic E-state index is 11.9. The maximum Gasteiger partial charge on any atom is 0.193 e. The Hall–Kier alpha value is -1.03. The van der Waals surface area contributed by atoms with Crippen LogP contribution in [0.2, 0.25) is 0 Å². The molecule has 0 spiro atoms. The van der Waals surface area contributed by atoms with Gasteiger partial charge in [-0.05, 0) is 32.9 Å². The molecule has 0 aliphatic carbocycles. The number of anilines is 1. The molecule has 22 heavy (non-hydrogen) atoms. The van der Waals surface area contributed by atoms with E-state index in [1.54, 1.807) is 33.9 Å². The molecule has 6 nitrogen and oxygen atoms in total. The Morgan fingerprint density at radius 3 is 2.55 bits per heavy atom. The molecular weight excluding hydrogens is 417 g/mol. The second-order valence-electron chi connectivity index (χ2n) is 5.56. The molecule has 0 aromatic heterocycles. The van der Waals surface area contributed by atoms with Crippen molar-refractivity contribution >= 4 is 45.5 Å². The van der Waals surface area contributed by atoms with Gasteiger partial charge in [0.05, 0.1) is 24.2 Å². The molecule has 0 radical (unpaired) electrons. The van der Waals surface area contributed by atoms with Crippen molar-refractivity contribution in [2.75, 3.05) is 24.7 Å². The Morgan fingerprint density at radius 2 is 2.00 bits per heavy atom. The summed E-state index contributed by atoms with van der Waals surface area (Å²) in [6.45, 7) is 5.14. The highest BCUT2D eigenvalue weighted by Crippen LogP contribution is 2.17. The van der Waals surface area contributed by atoms with Crippen molar-refractivity contribution < 1.29 is 13.2 Å². The van der Waals surface area contributed by atoms with Crippen LogP contribution in [0.1, 0.15) is 20.8 Å². The first-order valence-corrected chi connectivity index (χ1v) is 8.24. The third-order valence-corrected chi connectivity index (χ3v) is 5.50. The minimum atomic E-state index is -3.19. The summed E-state index contributed by atoms with van der Waals surface area (Å²) in [6, 6.07) is 7.22. The molecule has 0 saturated carbocycles. The number of nitrogens with one attached hydrogen (secondary N) is 1. The van der Waals surface area contributed by atoms with Gasteiger partial charge in [0.2, 0.25) is 0 Å². The third-order valence-electron chi connectivity index (χ3n) is 2.92. The molecule has 0 fully saturated rings. The van der Waals surface area contributed by atoms with Crippen LogP contribution in [0.15, 0.2) is 29.3 Å². The molecular formula is C14H24IN3O3S. The van der Waals surface area contributed by atoms with Crippen LogP contribution in [0.25, 0.3) is 0 Å². The van der Waals surface area contributed by atoms with Gasteiger partial charge in [-0.2, -0.15) is 0 Å². The normalized spacial score (nSPS) is 12.5. The molecule has 0 atom stereocenters. The standard InChI is InChI=1S/C14H23N3O3S.HI/c1-14(2,3)21(18,19)9-8-16-13(15)17-11-6-5-7-12(10-11)20-4;/h5-7,10H,8-9H2,1-4H3,(H3,15,16,17);1H. The summed E-state index contributed by atoms with van der Waals surface area (Å²) in [5.74, 6) is 0.840. The number of hydrogen-bond acceptors (Lipinski definition) is 4. The summed E-state index contributed by atoms with van der Waals surface area (Å²) in [7, 11) is -1.61. The molecule has 1 aromatic carbocycles. The number of halogens is 1. The molecule has 8 heteroatoms. The number of nitrogens with two attached hydrogens (primary N) is 1. The third kappa shape index (κ3) is 6.39. The van der Waals surface area contributed by atoms with Crippen molar-refractivity contribution in [3.63, 3.8) is 0 Å². The second-order valence-corrected chi connectivity index (χ2v) is 8.42. The quantitative estimate of drug-likeness (QED) is 0.416. The van der Waals surface area contributed by atoms with E-state index in [4.69, 9.17) is 10.5 Å². The lowest BCUT2D eigenvalue weighted by molar-refractivity contribution is 0.415. The van der Waals surface area contributed by atoms with Crippen molar-refractivity contribution in [1.82, 2.24) is 0 Å². The average Bonchev–Trinajstić information content (AvgIpc) is 2.37. The van der Waals surface area contributed by atoms with E-state index in [1.807, 2.05) is 18.2 Å². The van der Waals surface area contributed by atoms with E-state index in [0.29, 0.717) is 5.75 Å². The van der Waals surface area contributed by atoms with E-state index in [1.165, 1.54) is 0 Å². The summed E-state index contributed by atoms with van der Waals surface area (Å²) in [4.78, 5) is 4.04. The van der Waals surface area contributed by atoms with Gasteiger partial charge in [0, 0.05) is 11.8 Å². The minimum absolute atomic E-state index is 0. The Labute approximate surface area is 149 Å². The lowest BCUT2D eigenvalue weighted by Gasteiger charge is -2.18. The molecule has 126 valence electrons. The first kappa shape index (κ1) is 21.0. The summed E-state index contributed by atoms with van der Waals surface area (Å²) in [5, 5.41) is 2.89. The average molecular weight is 441 g/mol. The molecule has 0 amide bonds. The van der Waals surface area contributed by atoms with E-state index >= 15 is 0 Å². The predicted molar refractivity (Wildman–Crippen MR) is 102 cm³/mol. The van der Waals surface area contributed by atoms with Gasteiger partial charge in [-0.3, -0.25) is 4.99 Å². The van der Waals surface area contributed by atoms with Crippen LogP contribution >= 0.6 is 24.0 Å². The molecule has 0 aliphatic heterocycles. The van der Waals surface area contributed by atoms with Crippen LogP contribution in [0.3, 0.4) is 0 Å². The molecule has 3 N–H and O–H groups in total. The number of aliphatic imine (C=N–C) groups is 1. The predicted octanol–water partition coefficient (Wildman–Crippen LogP) is 2.25. The number of methoxy groups -OCH3 is 1. The minimum Gasteiger partial charge on any atom is -0.497 e. The lowest BCUT2D eigenvalue weighted by atomic mass is 10.3. The molecule has 0 aliphatic rings. The topological polar surface area (TPSA) is 93.8 Å². The number of rotatable bonds is 5. The number of hydrogen-bond donors (Lipinski definition) is 2. The van der Waals surface area contributed by atoms with Crippen molar-refractivity contribution in [3.8, 4) is 5.75 Å². The lowest BCUT2D eigenvalue weighted by Crippen LogP contribution is -2.32. The fourth-order valence-electron chi connectivity index (χ4n) is 1.48. The molecule has 1 rings (SSSR count). The van der Waals surface area contributed by atoms with Crippen molar-refractivity contribution in [2.24, 2.45) is 10.7 Å². The van der Waals surface area contributed by atoms with Crippen molar-refractivity contribution in [3.05, 3.63) is 24.3 Å². The molecule has 1 aromatic rings. The Kier molecular flexibility index (Phi) is 8.16. The SMILES string of the molecule is COc1cccc(NC(N)=NCCS(=O)(=O)C(C)(C)C)c1.I. The molecule has 0 bridgehead atoms. The zero-order valence-corrected chi connectivity index (χ0v) is 16.4. The van der Waals surface area contributed by atoms with Gasteiger partial charge in [0.1, 0.15) is 5.75 Å². The van der Waals surface area contributed by atoms with E-state index in [2.05, 4.69) is 10.3 Å².